The molecule has 1 aromatic carbocycles. The van der Waals surface area contributed by atoms with Gasteiger partial charge in [0.15, 0.2) is 0 Å². The molecule has 0 radical (unpaired) electrons. The number of benzene rings is 1. The summed E-state index contributed by atoms with van der Waals surface area (Å²) in [5.41, 5.74) is 1.29. The van der Waals surface area contributed by atoms with Crippen LogP contribution in [-0.2, 0) is 9.53 Å². The van der Waals surface area contributed by atoms with Crippen molar-refractivity contribution in [3.05, 3.63) is 29.8 Å². The van der Waals surface area contributed by atoms with Crippen molar-refractivity contribution in [3.8, 4) is 6.07 Å². The zero-order chi connectivity index (χ0) is 13.0. The van der Waals surface area contributed by atoms with Crippen molar-refractivity contribution in [1.29, 1.82) is 5.26 Å². The number of anilines is 1. The molecule has 0 bridgehead atoms. The van der Waals surface area contributed by atoms with E-state index in [4.69, 9.17) is 15.1 Å². The highest BCUT2D eigenvalue weighted by Crippen LogP contribution is 2.22. The van der Waals surface area contributed by atoms with Gasteiger partial charge in [-0.2, -0.15) is 5.26 Å². The Balaban J connectivity index is 2.25. The average Bonchev–Trinajstić information content (AvgIpc) is 2.40. The Hall–Kier alpha value is -1.90. The predicted octanol–water partition coefficient (Wildman–Crippen LogP) is 0.672. The topological polar surface area (TPSA) is 73.6 Å². The highest BCUT2D eigenvalue weighted by Gasteiger charge is 2.29. The summed E-state index contributed by atoms with van der Waals surface area (Å²) in [6.45, 7) is 0.488. The van der Waals surface area contributed by atoms with E-state index in [1.54, 1.807) is 29.2 Å². The quantitative estimate of drug-likeness (QED) is 0.850. The lowest BCUT2D eigenvalue weighted by Gasteiger charge is -2.35. The zero-order valence-electron chi connectivity index (χ0n) is 9.87. The van der Waals surface area contributed by atoms with Crippen LogP contribution < -0.4 is 4.90 Å². The summed E-state index contributed by atoms with van der Waals surface area (Å²) in [6, 6.07) is 8.72. The third kappa shape index (κ3) is 2.50. The van der Waals surface area contributed by atoms with Crippen LogP contribution >= 0.6 is 0 Å². The van der Waals surface area contributed by atoms with Crippen LogP contribution in [0.15, 0.2) is 24.3 Å². The number of morpholine rings is 1. The Morgan fingerprint density at radius 3 is 2.78 bits per heavy atom. The Labute approximate surface area is 105 Å². The van der Waals surface area contributed by atoms with Gasteiger partial charge in [-0.15, -0.1) is 0 Å². The number of hydrogen-bond acceptors (Lipinski definition) is 4. The van der Waals surface area contributed by atoms with E-state index in [9.17, 15) is 4.79 Å². The molecular formula is C13H14N2O3. The molecule has 5 nitrogen and oxygen atoms in total. The molecule has 1 atom stereocenters. The van der Waals surface area contributed by atoms with Crippen LogP contribution in [0.1, 0.15) is 12.0 Å². The first-order chi connectivity index (χ1) is 8.76. The molecule has 0 spiro atoms. The van der Waals surface area contributed by atoms with Crippen LogP contribution in [0.4, 0.5) is 5.69 Å². The third-order valence-corrected chi connectivity index (χ3v) is 2.91. The zero-order valence-corrected chi connectivity index (χ0v) is 9.87. The maximum atomic E-state index is 11.9. The molecule has 1 saturated heterocycles. The first-order valence-electron chi connectivity index (χ1n) is 5.77. The summed E-state index contributed by atoms with van der Waals surface area (Å²) in [6.07, 6.45) is 0.478. The second-order valence-electron chi connectivity index (χ2n) is 4.10. The minimum Gasteiger partial charge on any atom is -0.396 e. The van der Waals surface area contributed by atoms with E-state index < -0.39 is 0 Å². The van der Waals surface area contributed by atoms with Gasteiger partial charge in [0.25, 0.3) is 5.91 Å². The Morgan fingerprint density at radius 2 is 2.17 bits per heavy atom. The van der Waals surface area contributed by atoms with Gasteiger partial charge >= 0.3 is 0 Å². The van der Waals surface area contributed by atoms with Crippen LogP contribution in [0.2, 0.25) is 0 Å². The van der Waals surface area contributed by atoms with E-state index >= 15 is 0 Å². The number of aliphatic hydroxyl groups is 1. The van der Waals surface area contributed by atoms with Crippen LogP contribution in [0.3, 0.4) is 0 Å². The van der Waals surface area contributed by atoms with Gasteiger partial charge < -0.3 is 14.7 Å². The molecule has 5 heteroatoms. The normalized spacial score (nSPS) is 19.7. The van der Waals surface area contributed by atoms with Gasteiger partial charge in [0.2, 0.25) is 0 Å². The fourth-order valence-corrected chi connectivity index (χ4v) is 2.04. The average molecular weight is 246 g/mol. The molecule has 18 heavy (non-hydrogen) atoms. The molecule has 1 amide bonds. The molecule has 1 heterocycles. The number of rotatable bonds is 3. The van der Waals surface area contributed by atoms with Gasteiger partial charge in [-0.3, -0.25) is 4.79 Å². The maximum absolute atomic E-state index is 11.9. The van der Waals surface area contributed by atoms with Gasteiger partial charge in [-0.25, -0.2) is 0 Å². The molecule has 1 aliphatic heterocycles. The molecule has 1 aliphatic rings. The van der Waals surface area contributed by atoms with E-state index in [1.165, 1.54) is 0 Å². The minimum absolute atomic E-state index is 0.00802. The number of carbonyl (C=O) groups is 1. The summed E-state index contributed by atoms with van der Waals surface area (Å²) in [7, 11) is 0. The molecule has 1 N–H and O–H groups in total. The number of nitriles is 1. The lowest BCUT2D eigenvalue weighted by Crippen LogP contribution is -2.50. The fourth-order valence-electron chi connectivity index (χ4n) is 2.04. The number of aliphatic hydroxyl groups excluding tert-OH is 1. The Kier molecular flexibility index (Phi) is 3.92. The van der Waals surface area contributed by atoms with Crippen LogP contribution in [-0.4, -0.2) is 36.9 Å². The first kappa shape index (κ1) is 12.6. The molecular weight excluding hydrogens is 232 g/mol. The number of ether oxygens (including phenoxy) is 1. The second kappa shape index (κ2) is 5.63. The van der Waals surface area contributed by atoms with Crippen molar-refractivity contribution in [2.75, 3.05) is 24.7 Å². The standard InChI is InChI=1S/C13H14N2O3/c14-7-10-1-3-11(4-2-10)15-12(5-6-16)8-18-9-13(15)17/h1-4,12,16H,5-6,8-9H2. The second-order valence-corrected chi connectivity index (χ2v) is 4.10. The van der Waals surface area contributed by atoms with E-state index in [-0.39, 0.29) is 25.2 Å². The smallest absolute Gasteiger partial charge is 0.253 e. The van der Waals surface area contributed by atoms with E-state index in [1.807, 2.05) is 6.07 Å². The van der Waals surface area contributed by atoms with Gasteiger partial charge in [-0.1, -0.05) is 0 Å². The lowest BCUT2D eigenvalue weighted by molar-refractivity contribution is -0.127. The van der Waals surface area contributed by atoms with Crippen LogP contribution in [0, 0.1) is 11.3 Å². The van der Waals surface area contributed by atoms with E-state index in [2.05, 4.69) is 0 Å². The first-order valence-corrected chi connectivity index (χ1v) is 5.77. The van der Waals surface area contributed by atoms with Gasteiger partial charge in [-0.05, 0) is 30.7 Å². The minimum atomic E-state index is -0.149. The molecule has 1 fully saturated rings. The third-order valence-electron chi connectivity index (χ3n) is 2.91. The number of hydrogen-bond donors (Lipinski definition) is 1. The lowest BCUT2D eigenvalue weighted by atomic mass is 10.1. The Morgan fingerprint density at radius 1 is 1.44 bits per heavy atom. The summed E-state index contributed by atoms with van der Waals surface area (Å²) in [4.78, 5) is 13.5. The molecule has 0 aliphatic carbocycles. The predicted molar refractivity (Wildman–Crippen MR) is 65.0 cm³/mol. The maximum Gasteiger partial charge on any atom is 0.253 e. The van der Waals surface area contributed by atoms with Crippen LogP contribution in [0.5, 0.6) is 0 Å². The van der Waals surface area contributed by atoms with Crippen molar-refractivity contribution in [3.63, 3.8) is 0 Å². The van der Waals surface area contributed by atoms with E-state index in [0.717, 1.165) is 5.69 Å². The Bertz CT molecular complexity index is 462. The molecule has 1 unspecified atom stereocenters. The number of carbonyl (C=O) groups excluding carboxylic acids is 1. The summed E-state index contributed by atoms with van der Waals surface area (Å²) >= 11 is 0. The van der Waals surface area contributed by atoms with Gasteiger partial charge in [0.1, 0.15) is 6.61 Å². The number of nitrogens with zero attached hydrogens (tertiary/aromatic N) is 2. The summed E-state index contributed by atoms with van der Waals surface area (Å²) in [5, 5.41) is 17.8. The van der Waals surface area contributed by atoms with E-state index in [0.29, 0.717) is 18.6 Å². The summed E-state index contributed by atoms with van der Waals surface area (Å²) in [5.74, 6) is -0.121. The molecule has 0 aromatic heterocycles. The van der Waals surface area contributed by atoms with Crippen molar-refractivity contribution < 1.29 is 14.6 Å². The van der Waals surface area contributed by atoms with Crippen molar-refractivity contribution in [2.45, 2.75) is 12.5 Å². The number of amides is 1. The monoisotopic (exact) mass is 246 g/mol. The SMILES string of the molecule is N#Cc1ccc(N2C(=O)COCC2CCO)cc1. The fraction of sp³-hybridized carbons (Fsp3) is 0.385. The van der Waals surface area contributed by atoms with Crippen molar-refractivity contribution in [1.82, 2.24) is 0 Å². The summed E-state index contributed by atoms with van der Waals surface area (Å²) < 4.78 is 5.19. The van der Waals surface area contributed by atoms with Crippen molar-refractivity contribution >= 4 is 11.6 Å². The highest BCUT2D eigenvalue weighted by molar-refractivity contribution is 5.95. The van der Waals surface area contributed by atoms with Gasteiger partial charge in [0.05, 0.1) is 24.3 Å². The molecule has 2 rings (SSSR count). The van der Waals surface area contributed by atoms with Gasteiger partial charge in [0, 0.05) is 12.3 Å². The highest BCUT2D eigenvalue weighted by atomic mass is 16.5. The largest absolute Gasteiger partial charge is 0.396 e. The van der Waals surface area contributed by atoms with Crippen LogP contribution in [0.25, 0.3) is 0 Å². The molecule has 1 aromatic rings. The molecule has 94 valence electrons. The molecule has 0 saturated carbocycles. The van der Waals surface area contributed by atoms with Crippen molar-refractivity contribution in [2.24, 2.45) is 0 Å².